The van der Waals surface area contributed by atoms with Crippen LogP contribution in [-0.4, -0.2) is 10.9 Å². The molecule has 0 bridgehead atoms. The smallest absolute Gasteiger partial charge is 0.266 e. The van der Waals surface area contributed by atoms with Crippen LogP contribution in [0.4, 0.5) is 5.69 Å². The number of carbonyl (C=O) groups excluding carboxylic acids is 1. The monoisotopic (exact) mass is 519 g/mol. The highest BCUT2D eigenvalue weighted by atomic mass is 127. The van der Waals surface area contributed by atoms with Gasteiger partial charge in [0.25, 0.3) is 5.91 Å². The van der Waals surface area contributed by atoms with Gasteiger partial charge in [0.2, 0.25) is 0 Å². The molecule has 2 N–H and O–H groups in total. The van der Waals surface area contributed by atoms with Crippen LogP contribution in [0.2, 0.25) is 0 Å². The Balaban J connectivity index is 1.56. The molecule has 0 radical (unpaired) electrons. The zero-order chi connectivity index (χ0) is 21.6. The molecular weight excluding hydrogens is 501 g/mol. The minimum Gasteiger partial charge on any atom is -0.489 e. The predicted octanol–water partition coefficient (Wildman–Crippen LogP) is 5.90. The number of amides is 1. The third kappa shape index (κ3) is 5.13. The van der Waals surface area contributed by atoms with Crippen molar-refractivity contribution in [3.05, 3.63) is 99.3 Å². The Hall–Kier alpha value is -3.57. The van der Waals surface area contributed by atoms with Gasteiger partial charge in [-0.2, -0.15) is 5.26 Å². The van der Waals surface area contributed by atoms with E-state index >= 15 is 0 Å². The average molecular weight is 519 g/mol. The second-order valence-corrected chi connectivity index (χ2v) is 8.11. The van der Waals surface area contributed by atoms with Gasteiger partial charge in [0.05, 0.1) is 0 Å². The number of aromatic nitrogens is 1. The number of fused-ring (bicyclic) bond motifs is 1. The Morgan fingerprint density at radius 3 is 2.71 bits per heavy atom. The molecule has 152 valence electrons. The lowest BCUT2D eigenvalue weighted by Crippen LogP contribution is -2.13. The van der Waals surface area contributed by atoms with Crippen LogP contribution in [-0.2, 0) is 11.4 Å². The lowest BCUT2D eigenvalue weighted by atomic mass is 10.1. The van der Waals surface area contributed by atoms with Crippen molar-refractivity contribution in [3.63, 3.8) is 0 Å². The van der Waals surface area contributed by atoms with Crippen molar-refractivity contribution in [2.24, 2.45) is 0 Å². The lowest BCUT2D eigenvalue weighted by Gasteiger charge is -2.07. The molecule has 31 heavy (non-hydrogen) atoms. The van der Waals surface area contributed by atoms with Gasteiger partial charge in [-0.15, -0.1) is 0 Å². The van der Waals surface area contributed by atoms with Gasteiger partial charge in [-0.25, -0.2) is 0 Å². The first-order valence-corrected chi connectivity index (χ1v) is 10.7. The number of halogens is 1. The van der Waals surface area contributed by atoms with Crippen LogP contribution in [0.5, 0.6) is 5.75 Å². The number of nitrogens with one attached hydrogen (secondary N) is 2. The maximum atomic E-state index is 12.6. The number of anilines is 1. The zero-order valence-corrected chi connectivity index (χ0v) is 18.6. The van der Waals surface area contributed by atoms with E-state index in [1.54, 1.807) is 18.3 Å². The van der Waals surface area contributed by atoms with Crippen LogP contribution in [0.15, 0.2) is 84.6 Å². The van der Waals surface area contributed by atoms with Gasteiger partial charge in [0.15, 0.2) is 0 Å². The lowest BCUT2D eigenvalue weighted by molar-refractivity contribution is -0.112. The molecule has 0 aliphatic heterocycles. The van der Waals surface area contributed by atoms with Gasteiger partial charge in [-0.3, -0.25) is 4.79 Å². The highest BCUT2D eigenvalue weighted by Gasteiger charge is 2.12. The van der Waals surface area contributed by atoms with Crippen molar-refractivity contribution >= 4 is 51.2 Å². The fraction of sp³-hybridized carbons (Fsp3) is 0.0400. The van der Waals surface area contributed by atoms with Gasteiger partial charge >= 0.3 is 0 Å². The number of aromatic amines is 1. The van der Waals surface area contributed by atoms with E-state index < -0.39 is 5.91 Å². The summed E-state index contributed by atoms with van der Waals surface area (Å²) in [6.07, 6.45) is 3.37. The summed E-state index contributed by atoms with van der Waals surface area (Å²) in [5.74, 6) is 0.266. The van der Waals surface area contributed by atoms with Gasteiger partial charge < -0.3 is 15.0 Å². The molecule has 0 aliphatic rings. The summed E-state index contributed by atoms with van der Waals surface area (Å²) < 4.78 is 6.91. The highest BCUT2D eigenvalue weighted by Crippen LogP contribution is 2.26. The summed E-state index contributed by atoms with van der Waals surface area (Å²) in [6, 6.07) is 25.1. The molecule has 6 heteroatoms. The predicted molar refractivity (Wildman–Crippen MR) is 130 cm³/mol. The third-order valence-electron chi connectivity index (χ3n) is 4.68. The Bertz CT molecular complexity index is 1300. The number of H-pyrrole nitrogens is 1. The molecule has 1 amide bonds. The SMILES string of the molecule is N#C/C(=C\c1c[nH]c2ccc(OCc3ccccc3)cc12)C(=O)Nc1cccc(I)c1. The zero-order valence-electron chi connectivity index (χ0n) is 16.4. The molecule has 1 aromatic heterocycles. The van der Waals surface area contributed by atoms with E-state index in [9.17, 15) is 10.1 Å². The molecule has 4 aromatic rings. The minimum atomic E-state index is -0.449. The molecule has 0 saturated carbocycles. The summed E-state index contributed by atoms with van der Waals surface area (Å²) in [4.78, 5) is 15.8. The molecule has 0 fully saturated rings. The first-order chi connectivity index (χ1) is 15.1. The van der Waals surface area contributed by atoms with Crippen LogP contribution in [0, 0.1) is 14.9 Å². The Labute approximate surface area is 193 Å². The molecular formula is C25H18IN3O2. The number of carbonyl (C=O) groups is 1. The van der Waals surface area contributed by atoms with Crippen molar-refractivity contribution in [3.8, 4) is 11.8 Å². The summed E-state index contributed by atoms with van der Waals surface area (Å²) in [7, 11) is 0. The summed E-state index contributed by atoms with van der Waals surface area (Å²) >= 11 is 2.17. The first-order valence-electron chi connectivity index (χ1n) is 9.59. The van der Waals surface area contributed by atoms with Crippen molar-refractivity contribution in [1.29, 1.82) is 5.26 Å². The summed E-state index contributed by atoms with van der Waals surface area (Å²) in [6.45, 7) is 0.462. The van der Waals surface area contributed by atoms with Gasteiger partial charge in [0, 0.05) is 31.9 Å². The summed E-state index contributed by atoms with van der Waals surface area (Å²) in [5.41, 5.74) is 3.39. The van der Waals surface area contributed by atoms with Gasteiger partial charge in [0.1, 0.15) is 24.0 Å². The van der Waals surface area contributed by atoms with E-state index in [-0.39, 0.29) is 5.57 Å². The fourth-order valence-corrected chi connectivity index (χ4v) is 3.68. The number of rotatable bonds is 6. The van der Waals surface area contributed by atoms with E-state index in [0.29, 0.717) is 18.0 Å². The van der Waals surface area contributed by atoms with E-state index in [1.807, 2.05) is 72.8 Å². The molecule has 0 aliphatic carbocycles. The van der Waals surface area contributed by atoms with E-state index in [2.05, 4.69) is 32.9 Å². The number of benzene rings is 3. The Morgan fingerprint density at radius 1 is 1.10 bits per heavy atom. The standard InChI is InChI=1S/C25H18IN3O2/c26-20-7-4-8-21(12-20)29-25(30)18(14-27)11-19-15-28-24-10-9-22(13-23(19)24)31-16-17-5-2-1-3-6-17/h1-13,15,28H,16H2,(H,29,30)/b18-11+. The molecule has 5 nitrogen and oxygen atoms in total. The van der Waals surface area contributed by atoms with Crippen molar-refractivity contribution in [2.45, 2.75) is 6.61 Å². The highest BCUT2D eigenvalue weighted by molar-refractivity contribution is 14.1. The van der Waals surface area contributed by atoms with Crippen LogP contribution in [0.25, 0.3) is 17.0 Å². The quantitative estimate of drug-likeness (QED) is 0.189. The van der Waals surface area contributed by atoms with Crippen molar-refractivity contribution in [1.82, 2.24) is 4.98 Å². The largest absolute Gasteiger partial charge is 0.489 e. The minimum absolute atomic E-state index is 0.0235. The molecule has 0 atom stereocenters. The van der Waals surface area contributed by atoms with Crippen LogP contribution >= 0.6 is 22.6 Å². The molecule has 0 saturated heterocycles. The average Bonchev–Trinajstić information content (AvgIpc) is 3.18. The van der Waals surface area contributed by atoms with Crippen LogP contribution in [0.3, 0.4) is 0 Å². The van der Waals surface area contributed by atoms with Crippen LogP contribution in [0.1, 0.15) is 11.1 Å². The number of ether oxygens (including phenoxy) is 1. The Morgan fingerprint density at radius 2 is 1.94 bits per heavy atom. The van der Waals surface area contributed by atoms with Crippen molar-refractivity contribution in [2.75, 3.05) is 5.32 Å². The molecule has 3 aromatic carbocycles. The van der Waals surface area contributed by atoms with E-state index in [4.69, 9.17) is 4.74 Å². The topological polar surface area (TPSA) is 77.9 Å². The van der Waals surface area contributed by atoms with Gasteiger partial charge in [-0.05, 0) is 70.6 Å². The second kappa shape index (κ2) is 9.49. The maximum absolute atomic E-state index is 12.6. The van der Waals surface area contributed by atoms with E-state index in [0.717, 1.165) is 25.6 Å². The molecule has 1 heterocycles. The number of hydrogen-bond donors (Lipinski definition) is 2. The Kier molecular flexibility index (Phi) is 6.34. The normalized spacial score (nSPS) is 11.2. The second-order valence-electron chi connectivity index (χ2n) is 6.86. The number of nitrogens with zero attached hydrogens (tertiary/aromatic N) is 1. The fourth-order valence-electron chi connectivity index (χ4n) is 3.14. The number of nitriles is 1. The molecule has 4 rings (SSSR count). The first kappa shape index (κ1) is 20.7. The third-order valence-corrected chi connectivity index (χ3v) is 5.35. The van der Waals surface area contributed by atoms with Crippen molar-refractivity contribution < 1.29 is 9.53 Å². The number of hydrogen-bond acceptors (Lipinski definition) is 3. The summed E-state index contributed by atoms with van der Waals surface area (Å²) in [5, 5.41) is 13.2. The van der Waals surface area contributed by atoms with Crippen LogP contribution < -0.4 is 10.1 Å². The van der Waals surface area contributed by atoms with E-state index in [1.165, 1.54) is 0 Å². The molecule has 0 unspecified atom stereocenters. The maximum Gasteiger partial charge on any atom is 0.266 e. The van der Waals surface area contributed by atoms with Gasteiger partial charge in [-0.1, -0.05) is 36.4 Å². The molecule has 0 spiro atoms.